The lowest BCUT2D eigenvalue weighted by Crippen LogP contribution is -2.22. The first-order chi connectivity index (χ1) is 12.1. The van der Waals surface area contributed by atoms with Crippen molar-refractivity contribution >= 4 is 16.5 Å². The Labute approximate surface area is 148 Å². The molecule has 0 spiro atoms. The Bertz CT molecular complexity index is 780. The lowest BCUT2D eigenvalue weighted by molar-refractivity contribution is 0.125. The summed E-state index contributed by atoms with van der Waals surface area (Å²) in [6.07, 6.45) is 0. The molecule has 0 heterocycles. The summed E-state index contributed by atoms with van der Waals surface area (Å²) in [5, 5.41) is 20.3. The summed E-state index contributed by atoms with van der Waals surface area (Å²) in [6, 6.07) is 16.3. The van der Waals surface area contributed by atoms with E-state index < -0.39 is 12.6 Å². The van der Waals surface area contributed by atoms with Crippen molar-refractivity contribution in [2.24, 2.45) is 5.92 Å². The van der Waals surface area contributed by atoms with Gasteiger partial charge in [0.1, 0.15) is 12.6 Å². The van der Waals surface area contributed by atoms with Gasteiger partial charge in [0.05, 0.1) is 25.4 Å². The van der Waals surface area contributed by atoms with Crippen molar-refractivity contribution in [3.63, 3.8) is 0 Å². The summed E-state index contributed by atoms with van der Waals surface area (Å²) >= 11 is 0. The van der Waals surface area contributed by atoms with Gasteiger partial charge in [0.25, 0.3) is 0 Å². The van der Waals surface area contributed by atoms with Gasteiger partial charge in [-0.3, -0.25) is 0 Å². The predicted molar refractivity (Wildman–Crippen MR) is 97.1 cm³/mol. The van der Waals surface area contributed by atoms with Gasteiger partial charge in [-0.25, -0.2) is 4.39 Å². The predicted octanol–water partition coefficient (Wildman–Crippen LogP) is 4.03. The molecule has 0 radical (unpaired) electrons. The molecule has 130 valence electrons. The van der Waals surface area contributed by atoms with Gasteiger partial charge in [0.15, 0.2) is 0 Å². The topological polar surface area (TPSA) is 60.0 Å². The first-order valence-electron chi connectivity index (χ1n) is 8.28. The summed E-state index contributed by atoms with van der Waals surface area (Å²) < 4.78 is 17.2. The van der Waals surface area contributed by atoms with Crippen molar-refractivity contribution in [2.45, 2.75) is 12.8 Å². The van der Waals surface area contributed by atoms with E-state index >= 15 is 0 Å². The Kier molecular flexibility index (Phi) is 6.74. The normalized spacial score (nSPS) is 11.9. The highest BCUT2D eigenvalue weighted by atomic mass is 19.1. The maximum Gasteiger partial charge on any atom is 0.139 e. The van der Waals surface area contributed by atoms with Gasteiger partial charge in [-0.2, -0.15) is 10.5 Å². The molecule has 4 nitrogen and oxygen atoms in total. The Morgan fingerprint density at radius 2 is 1.76 bits per heavy atom. The van der Waals surface area contributed by atoms with Crippen molar-refractivity contribution in [3.05, 3.63) is 42.0 Å². The molecule has 5 heteroatoms. The number of alkyl halides is 1. The molecule has 25 heavy (non-hydrogen) atoms. The lowest BCUT2D eigenvalue weighted by Gasteiger charge is -2.20. The molecule has 0 aliphatic rings. The Hall–Kier alpha value is -2.63. The number of likely N-dealkylation sites (N-methyl/N-ethyl adjacent to an activating group) is 1. The SMILES string of the molecule is CC(c1ccc2cc(N(C)CCOCCF)ccc2c1)C(C#N)C#N. The van der Waals surface area contributed by atoms with E-state index in [1.807, 2.05) is 56.4 Å². The summed E-state index contributed by atoms with van der Waals surface area (Å²) in [6.45, 7) is 2.75. The quantitative estimate of drug-likeness (QED) is 0.681. The van der Waals surface area contributed by atoms with Gasteiger partial charge in [-0.1, -0.05) is 31.2 Å². The van der Waals surface area contributed by atoms with Crippen LogP contribution in [0.15, 0.2) is 36.4 Å². The number of nitriles is 2. The average molecular weight is 339 g/mol. The molecule has 0 saturated heterocycles. The number of hydrogen-bond donors (Lipinski definition) is 0. The number of ether oxygens (including phenoxy) is 1. The van der Waals surface area contributed by atoms with Gasteiger partial charge in [0.2, 0.25) is 0 Å². The minimum atomic E-state index is -0.646. The monoisotopic (exact) mass is 339 g/mol. The molecule has 0 aromatic heterocycles. The van der Waals surface area contributed by atoms with Crippen LogP contribution in [0.1, 0.15) is 18.4 Å². The summed E-state index contributed by atoms with van der Waals surface area (Å²) in [5.74, 6) is -0.776. The fourth-order valence-corrected chi connectivity index (χ4v) is 2.70. The van der Waals surface area contributed by atoms with E-state index in [4.69, 9.17) is 15.3 Å². The van der Waals surface area contributed by atoms with E-state index in [0.717, 1.165) is 22.0 Å². The van der Waals surface area contributed by atoms with Gasteiger partial charge >= 0.3 is 0 Å². The first-order valence-corrected chi connectivity index (χ1v) is 8.28. The second-order valence-corrected chi connectivity index (χ2v) is 6.04. The second-order valence-electron chi connectivity index (χ2n) is 6.04. The Morgan fingerprint density at radius 1 is 1.08 bits per heavy atom. The molecule has 0 bridgehead atoms. The smallest absolute Gasteiger partial charge is 0.139 e. The Balaban J connectivity index is 2.15. The fraction of sp³-hybridized carbons (Fsp3) is 0.400. The summed E-state index contributed by atoms with van der Waals surface area (Å²) in [4.78, 5) is 2.07. The lowest BCUT2D eigenvalue weighted by atomic mass is 9.88. The van der Waals surface area contributed by atoms with Crippen LogP contribution in [-0.2, 0) is 4.74 Å². The van der Waals surface area contributed by atoms with E-state index in [1.165, 1.54) is 0 Å². The van der Waals surface area contributed by atoms with Crippen LogP contribution in [0.4, 0.5) is 10.1 Å². The molecule has 0 amide bonds. The van der Waals surface area contributed by atoms with E-state index in [9.17, 15) is 4.39 Å². The minimum Gasteiger partial charge on any atom is -0.377 e. The zero-order valence-corrected chi connectivity index (χ0v) is 14.6. The summed E-state index contributed by atoms with van der Waals surface area (Å²) in [7, 11) is 1.97. The van der Waals surface area contributed by atoms with E-state index in [1.54, 1.807) is 0 Å². The van der Waals surface area contributed by atoms with Crippen LogP contribution in [0.3, 0.4) is 0 Å². The van der Waals surface area contributed by atoms with Gasteiger partial charge in [-0.15, -0.1) is 0 Å². The Morgan fingerprint density at radius 3 is 2.44 bits per heavy atom. The van der Waals surface area contributed by atoms with Crippen molar-refractivity contribution in [1.29, 1.82) is 10.5 Å². The zero-order valence-electron chi connectivity index (χ0n) is 14.6. The largest absolute Gasteiger partial charge is 0.377 e. The van der Waals surface area contributed by atoms with Gasteiger partial charge in [-0.05, 0) is 28.5 Å². The highest BCUT2D eigenvalue weighted by molar-refractivity contribution is 5.86. The fourth-order valence-electron chi connectivity index (χ4n) is 2.70. The standard InChI is InChI=1S/C20H22FN3O/c1-15(19(13-22)14-23)16-3-4-18-12-20(6-5-17(18)11-16)24(2)8-10-25-9-7-21/h3-6,11-12,15,19H,7-10H2,1-2H3. The van der Waals surface area contributed by atoms with E-state index in [0.29, 0.717) is 13.2 Å². The maximum absolute atomic E-state index is 12.0. The second kappa shape index (κ2) is 9.01. The number of hydrogen-bond acceptors (Lipinski definition) is 4. The number of anilines is 1. The highest BCUT2D eigenvalue weighted by Crippen LogP contribution is 2.28. The molecule has 0 aliphatic heterocycles. The molecular formula is C20H22FN3O. The van der Waals surface area contributed by atoms with Crippen LogP contribution in [0.5, 0.6) is 0 Å². The third-order valence-corrected chi connectivity index (χ3v) is 4.39. The number of benzene rings is 2. The van der Waals surface area contributed by atoms with Crippen molar-refractivity contribution in [1.82, 2.24) is 0 Å². The van der Waals surface area contributed by atoms with Crippen molar-refractivity contribution in [3.8, 4) is 12.1 Å². The molecule has 0 aliphatic carbocycles. The van der Waals surface area contributed by atoms with Gasteiger partial charge in [0, 0.05) is 25.2 Å². The van der Waals surface area contributed by atoms with Gasteiger partial charge < -0.3 is 9.64 Å². The molecule has 1 unspecified atom stereocenters. The first kappa shape index (κ1) is 18.7. The van der Waals surface area contributed by atoms with E-state index in [2.05, 4.69) is 11.0 Å². The molecule has 0 saturated carbocycles. The van der Waals surface area contributed by atoms with Crippen LogP contribution < -0.4 is 4.90 Å². The van der Waals surface area contributed by atoms with Crippen LogP contribution >= 0.6 is 0 Å². The van der Waals surface area contributed by atoms with Crippen molar-refractivity contribution < 1.29 is 9.13 Å². The molecule has 0 N–H and O–H groups in total. The number of nitrogens with zero attached hydrogens (tertiary/aromatic N) is 3. The molecule has 2 rings (SSSR count). The van der Waals surface area contributed by atoms with Crippen molar-refractivity contribution in [2.75, 3.05) is 38.4 Å². The molecule has 1 atom stereocenters. The third kappa shape index (κ3) is 4.68. The number of fused-ring (bicyclic) bond motifs is 1. The number of rotatable bonds is 8. The van der Waals surface area contributed by atoms with Crippen LogP contribution in [-0.4, -0.2) is 33.5 Å². The van der Waals surface area contributed by atoms with Crippen LogP contribution in [0.25, 0.3) is 10.8 Å². The van der Waals surface area contributed by atoms with Crippen LogP contribution in [0, 0.1) is 28.6 Å². The van der Waals surface area contributed by atoms with E-state index in [-0.39, 0.29) is 12.5 Å². The van der Waals surface area contributed by atoms with Crippen LogP contribution in [0.2, 0.25) is 0 Å². The maximum atomic E-state index is 12.0. The zero-order chi connectivity index (χ0) is 18.2. The molecule has 0 fully saturated rings. The molecule has 2 aromatic carbocycles. The third-order valence-electron chi connectivity index (χ3n) is 4.39. The summed E-state index contributed by atoms with van der Waals surface area (Å²) in [5.41, 5.74) is 2.05. The number of halogens is 1. The minimum absolute atomic E-state index is 0.130. The average Bonchev–Trinajstić information content (AvgIpc) is 2.65. The molecular weight excluding hydrogens is 317 g/mol. The molecule has 2 aromatic rings. The highest BCUT2D eigenvalue weighted by Gasteiger charge is 2.18.